The van der Waals surface area contributed by atoms with E-state index in [4.69, 9.17) is 4.42 Å². The van der Waals surface area contributed by atoms with Gasteiger partial charge in [0.25, 0.3) is 0 Å². The van der Waals surface area contributed by atoms with Gasteiger partial charge in [0, 0.05) is 31.6 Å². The molecule has 1 aromatic heterocycles. The molecule has 1 saturated heterocycles. The van der Waals surface area contributed by atoms with E-state index in [1.807, 2.05) is 0 Å². The molecule has 2 heterocycles. The van der Waals surface area contributed by atoms with Crippen molar-refractivity contribution in [2.45, 2.75) is 50.0 Å². The molecule has 1 aliphatic heterocycles. The van der Waals surface area contributed by atoms with Gasteiger partial charge in [-0.1, -0.05) is 6.92 Å². The summed E-state index contributed by atoms with van der Waals surface area (Å²) in [6.07, 6.45) is 4.61. The van der Waals surface area contributed by atoms with Crippen LogP contribution in [0.1, 0.15) is 48.9 Å². The minimum absolute atomic E-state index is 0. The van der Waals surface area contributed by atoms with Crippen LogP contribution in [0.15, 0.2) is 15.4 Å². The van der Waals surface area contributed by atoms with Crippen LogP contribution in [0.3, 0.4) is 0 Å². The van der Waals surface area contributed by atoms with Gasteiger partial charge in [0.2, 0.25) is 15.8 Å². The fraction of sp³-hybridized carbons (Fsp3) is 0.706. The zero-order chi connectivity index (χ0) is 18.0. The average Bonchev–Trinajstić information content (AvgIpc) is 3.35. The molecule has 26 heavy (non-hydrogen) atoms. The van der Waals surface area contributed by atoms with Crippen LogP contribution in [0.25, 0.3) is 0 Å². The van der Waals surface area contributed by atoms with Crippen molar-refractivity contribution in [2.75, 3.05) is 26.7 Å². The van der Waals surface area contributed by atoms with Crippen LogP contribution in [-0.2, 0) is 21.2 Å². The molecule has 0 spiro atoms. The number of carbonyl (C=O) groups excluding carboxylic acids is 1. The van der Waals surface area contributed by atoms with E-state index in [2.05, 4.69) is 10.1 Å². The summed E-state index contributed by atoms with van der Waals surface area (Å²) >= 11 is 0. The molecule has 148 valence electrons. The number of sulfonamides is 1. The number of piperidine rings is 1. The monoisotopic (exact) mass is 406 g/mol. The molecule has 0 atom stereocenters. The lowest BCUT2D eigenvalue weighted by atomic mass is 10.1. The van der Waals surface area contributed by atoms with Gasteiger partial charge < -0.3 is 14.5 Å². The summed E-state index contributed by atoms with van der Waals surface area (Å²) in [5.74, 6) is 0.379. The van der Waals surface area contributed by atoms with Gasteiger partial charge in [0.1, 0.15) is 10.7 Å². The number of hydrogen-bond acceptors (Lipinski definition) is 6. The van der Waals surface area contributed by atoms with Gasteiger partial charge in [-0.05, 0) is 38.1 Å². The number of ether oxygens (including phenoxy) is 1. The highest BCUT2D eigenvalue weighted by molar-refractivity contribution is 7.89. The number of halogens is 1. The van der Waals surface area contributed by atoms with E-state index in [1.54, 1.807) is 6.92 Å². The molecule has 0 aromatic carbocycles. The van der Waals surface area contributed by atoms with Crippen LogP contribution in [0, 0.1) is 5.92 Å². The molecular weight excluding hydrogens is 380 g/mol. The maximum atomic E-state index is 13.0. The highest BCUT2D eigenvalue weighted by Gasteiger charge is 2.34. The van der Waals surface area contributed by atoms with E-state index in [0.717, 1.165) is 25.3 Å². The maximum absolute atomic E-state index is 13.0. The number of carbonyl (C=O) groups is 1. The largest absolute Gasteiger partial charge is 0.463 e. The predicted molar refractivity (Wildman–Crippen MR) is 99.2 cm³/mol. The Labute approximate surface area is 160 Å². The predicted octanol–water partition coefficient (Wildman–Crippen LogP) is 2.20. The molecular formula is C17H27ClN2O5S. The van der Waals surface area contributed by atoms with Crippen molar-refractivity contribution in [3.63, 3.8) is 0 Å². The topological polar surface area (TPSA) is 88.8 Å². The Morgan fingerprint density at radius 1 is 1.31 bits per heavy atom. The van der Waals surface area contributed by atoms with Crippen molar-refractivity contribution in [1.82, 2.24) is 9.62 Å². The van der Waals surface area contributed by atoms with Crippen LogP contribution in [-0.4, -0.2) is 51.5 Å². The van der Waals surface area contributed by atoms with Crippen LogP contribution in [0.5, 0.6) is 0 Å². The molecule has 0 amide bonds. The Hall–Kier alpha value is -1.09. The van der Waals surface area contributed by atoms with Crippen LogP contribution >= 0.6 is 12.4 Å². The van der Waals surface area contributed by atoms with Crippen molar-refractivity contribution in [3.8, 4) is 0 Å². The second-order valence-corrected chi connectivity index (χ2v) is 8.68. The second kappa shape index (κ2) is 8.73. The Kier molecular flexibility index (Phi) is 7.12. The van der Waals surface area contributed by atoms with Gasteiger partial charge in [-0.3, -0.25) is 0 Å². The third-order valence-electron chi connectivity index (χ3n) is 4.94. The summed E-state index contributed by atoms with van der Waals surface area (Å²) in [5, 5.41) is 3.54. The Morgan fingerprint density at radius 3 is 2.50 bits per heavy atom. The number of rotatable bonds is 7. The Bertz CT molecular complexity index is 722. The number of esters is 1. The average molecular weight is 407 g/mol. The van der Waals surface area contributed by atoms with E-state index in [0.29, 0.717) is 31.3 Å². The summed E-state index contributed by atoms with van der Waals surface area (Å²) in [6, 6.07) is 1.67. The second-order valence-electron chi connectivity index (χ2n) is 6.77. The molecule has 2 fully saturated rings. The van der Waals surface area contributed by atoms with Gasteiger partial charge in [-0.2, -0.15) is 4.31 Å². The standard InChI is InChI=1S/C17H26N2O5S.ClH/c1-3-14-16(10-15(24-14)17(20)23-2)25(21,22)19-8-6-13(7-9-19)18-11-12-4-5-12;/h10,12-13,18H,3-9,11H2,1-2H3;1H. The molecule has 3 rings (SSSR count). The molecule has 1 saturated carbocycles. The number of aryl methyl sites for hydroxylation is 1. The molecule has 1 aliphatic carbocycles. The van der Waals surface area contributed by atoms with E-state index in [1.165, 1.54) is 30.3 Å². The van der Waals surface area contributed by atoms with E-state index in [9.17, 15) is 13.2 Å². The van der Waals surface area contributed by atoms with Gasteiger partial charge >= 0.3 is 5.97 Å². The molecule has 2 aliphatic rings. The van der Waals surface area contributed by atoms with Crippen molar-refractivity contribution in [3.05, 3.63) is 17.6 Å². The number of hydrogen-bond donors (Lipinski definition) is 1. The van der Waals surface area contributed by atoms with Crippen LogP contribution < -0.4 is 5.32 Å². The SMILES string of the molecule is CCc1oc(C(=O)OC)cc1S(=O)(=O)N1CCC(NCC2CC2)CC1.Cl. The molecule has 1 aromatic rings. The quantitative estimate of drug-likeness (QED) is 0.698. The smallest absolute Gasteiger partial charge is 0.373 e. The van der Waals surface area contributed by atoms with Crippen molar-refractivity contribution in [2.24, 2.45) is 5.92 Å². The fourth-order valence-electron chi connectivity index (χ4n) is 3.17. The molecule has 9 heteroatoms. The first kappa shape index (κ1) is 21.2. The Balaban J connectivity index is 0.00000243. The summed E-state index contributed by atoms with van der Waals surface area (Å²) in [4.78, 5) is 11.7. The third kappa shape index (κ3) is 4.60. The zero-order valence-electron chi connectivity index (χ0n) is 15.2. The molecule has 1 N–H and O–H groups in total. The summed E-state index contributed by atoms with van der Waals surface area (Å²) in [5.41, 5.74) is 0. The van der Waals surface area contributed by atoms with Gasteiger partial charge in [-0.15, -0.1) is 12.4 Å². The van der Waals surface area contributed by atoms with Crippen LogP contribution in [0.2, 0.25) is 0 Å². The van der Waals surface area contributed by atoms with Crippen molar-refractivity contribution >= 4 is 28.4 Å². The zero-order valence-corrected chi connectivity index (χ0v) is 16.8. The molecule has 7 nitrogen and oxygen atoms in total. The molecule has 0 bridgehead atoms. The summed E-state index contributed by atoms with van der Waals surface area (Å²) in [7, 11) is -2.42. The Morgan fingerprint density at radius 2 is 1.96 bits per heavy atom. The van der Waals surface area contributed by atoms with Crippen molar-refractivity contribution < 1.29 is 22.4 Å². The number of nitrogens with one attached hydrogen (secondary N) is 1. The van der Waals surface area contributed by atoms with E-state index in [-0.39, 0.29) is 23.1 Å². The first-order valence-corrected chi connectivity index (χ1v) is 10.3. The van der Waals surface area contributed by atoms with E-state index >= 15 is 0 Å². The van der Waals surface area contributed by atoms with Gasteiger partial charge in [-0.25, -0.2) is 13.2 Å². The lowest BCUT2D eigenvalue weighted by Crippen LogP contribution is -2.45. The number of furan rings is 1. The first-order chi connectivity index (χ1) is 12.0. The van der Waals surface area contributed by atoms with E-state index < -0.39 is 16.0 Å². The molecule has 0 unspecified atom stereocenters. The normalized spacial score (nSPS) is 19.2. The molecule has 0 radical (unpaired) electrons. The highest BCUT2D eigenvalue weighted by atomic mass is 35.5. The number of methoxy groups -OCH3 is 1. The third-order valence-corrected chi connectivity index (χ3v) is 6.89. The first-order valence-electron chi connectivity index (χ1n) is 8.90. The number of nitrogens with zero attached hydrogens (tertiary/aromatic N) is 1. The summed E-state index contributed by atoms with van der Waals surface area (Å²) in [6.45, 7) is 3.80. The highest BCUT2D eigenvalue weighted by Crippen LogP contribution is 2.29. The fourth-order valence-corrected chi connectivity index (χ4v) is 4.87. The lowest BCUT2D eigenvalue weighted by molar-refractivity contribution is 0.0563. The minimum atomic E-state index is -3.66. The van der Waals surface area contributed by atoms with Gasteiger partial charge in [0.05, 0.1) is 7.11 Å². The maximum Gasteiger partial charge on any atom is 0.373 e. The van der Waals surface area contributed by atoms with Crippen LogP contribution in [0.4, 0.5) is 0 Å². The minimum Gasteiger partial charge on any atom is -0.463 e. The lowest BCUT2D eigenvalue weighted by Gasteiger charge is -2.31. The van der Waals surface area contributed by atoms with Gasteiger partial charge in [0.15, 0.2) is 0 Å². The summed E-state index contributed by atoms with van der Waals surface area (Å²) < 4.78 is 37.4. The van der Waals surface area contributed by atoms with Crippen molar-refractivity contribution in [1.29, 1.82) is 0 Å².